The Morgan fingerprint density at radius 2 is 1.38 bits per heavy atom. The predicted octanol–water partition coefficient (Wildman–Crippen LogP) is 9.12. The van der Waals surface area contributed by atoms with Crippen molar-refractivity contribution in [2.24, 2.45) is 11.8 Å². The Hall–Kier alpha value is -8.52. The number of amides is 2. The number of anilines is 4. The molecule has 8 aromatic rings. The van der Waals surface area contributed by atoms with Crippen LogP contribution in [0.3, 0.4) is 0 Å². The Kier molecular flexibility index (Phi) is 14.9. The van der Waals surface area contributed by atoms with Gasteiger partial charge in [0, 0.05) is 62.1 Å². The van der Waals surface area contributed by atoms with E-state index >= 15 is 8.78 Å². The minimum atomic E-state index is -0.951. The Balaban J connectivity index is 1.03. The van der Waals surface area contributed by atoms with Crippen molar-refractivity contribution in [3.63, 3.8) is 0 Å². The molecule has 8 unspecified atom stereocenters. The number of piperidine rings is 3. The second-order valence-corrected chi connectivity index (χ2v) is 24.3. The second-order valence-electron chi connectivity index (χ2n) is 24.3. The maximum Gasteiger partial charge on any atom is 0.464 e. The molecule has 3 saturated heterocycles. The van der Waals surface area contributed by atoms with Gasteiger partial charge in [0.1, 0.15) is 57.4 Å². The molecule has 84 heavy (non-hydrogen) atoms. The van der Waals surface area contributed by atoms with E-state index in [9.17, 15) is 19.8 Å². The summed E-state index contributed by atoms with van der Waals surface area (Å²) >= 11 is 0. The second kappa shape index (κ2) is 21.9. The van der Waals surface area contributed by atoms with Crippen molar-refractivity contribution >= 4 is 79.1 Å². The first-order valence-electron chi connectivity index (χ1n) is 28.2. The summed E-state index contributed by atoms with van der Waals surface area (Å²) in [6.07, 6.45) is 5.32. The number of nitrogens with zero attached hydrogens (tertiary/aromatic N) is 11. The number of aliphatic hydroxyl groups excluding tert-OH is 2. The van der Waals surface area contributed by atoms with Crippen molar-refractivity contribution in [1.29, 1.82) is 0 Å². The third-order valence-electron chi connectivity index (χ3n) is 15.6. The summed E-state index contributed by atoms with van der Waals surface area (Å²) in [5.41, 5.74) is 4.87. The SMILES string of the molecule is CNc1cc(F)cc2c1[nH]c1nc(Oc3cnc(C(C)O)nc3)nc(N3CC4CCC3CC4N[n+]3c(Oc4cnc(C(C)O)nc4)nc(N4CC(C)C(NC(=O)OC(C)(C)C)CC4C)c4c5cc(F)cc(N(C)C(=O)OC(C)(C)C)c5[nH]c43)c12. The van der Waals surface area contributed by atoms with Crippen molar-refractivity contribution in [3.8, 4) is 23.5 Å². The summed E-state index contributed by atoms with van der Waals surface area (Å²) in [4.78, 5) is 72.1. The van der Waals surface area contributed by atoms with Gasteiger partial charge in [0.05, 0.1) is 53.1 Å². The van der Waals surface area contributed by atoms with E-state index in [-0.39, 0.29) is 76.9 Å². The average molecular weight is 1160 g/mol. The zero-order valence-corrected chi connectivity index (χ0v) is 49.0. The Bertz CT molecular complexity index is 3810. The lowest BCUT2D eigenvalue weighted by atomic mass is 9.76. The van der Waals surface area contributed by atoms with Gasteiger partial charge in [0.2, 0.25) is 5.82 Å². The summed E-state index contributed by atoms with van der Waals surface area (Å²) in [7, 11) is 3.24. The van der Waals surface area contributed by atoms with Crippen molar-refractivity contribution in [1.82, 2.24) is 50.2 Å². The monoisotopic (exact) mass is 1160 g/mol. The number of H-pyrrole nitrogens is 2. The number of alkyl carbamates (subject to hydrolysis) is 1. The fourth-order valence-corrected chi connectivity index (χ4v) is 11.7. The molecule has 0 radical (unpaired) electrons. The van der Waals surface area contributed by atoms with E-state index in [1.54, 1.807) is 46.3 Å². The molecule has 3 aliphatic heterocycles. The number of fused-ring (bicyclic) bond motifs is 9. The van der Waals surface area contributed by atoms with E-state index in [2.05, 4.69) is 55.8 Å². The number of halogens is 2. The van der Waals surface area contributed by atoms with Gasteiger partial charge in [-0.2, -0.15) is 9.97 Å². The molecule has 2 amide bonds. The van der Waals surface area contributed by atoms with E-state index in [1.165, 1.54) is 61.0 Å². The lowest BCUT2D eigenvalue weighted by molar-refractivity contribution is -0.638. The first-order valence-corrected chi connectivity index (χ1v) is 28.2. The number of ether oxygens (including phenoxy) is 4. The van der Waals surface area contributed by atoms with Gasteiger partial charge in [-0.15, -0.1) is 0 Å². The molecule has 0 spiro atoms. The average Bonchev–Trinajstić information content (AvgIpc) is 2.01. The van der Waals surface area contributed by atoms with Gasteiger partial charge in [-0.1, -0.05) is 11.6 Å². The van der Waals surface area contributed by atoms with Gasteiger partial charge in [-0.05, 0) is 123 Å². The molecule has 26 heteroatoms. The Morgan fingerprint density at radius 1 is 0.762 bits per heavy atom. The summed E-state index contributed by atoms with van der Waals surface area (Å²) < 4.78 is 58.1. The normalized spacial score (nSPS) is 20.8. The molecule has 7 N–H and O–H groups in total. The third kappa shape index (κ3) is 11.3. The maximum atomic E-state index is 16.5. The number of aromatic amines is 2. The molecule has 24 nitrogen and oxygen atoms in total. The van der Waals surface area contributed by atoms with Crippen LogP contribution < -0.4 is 44.9 Å². The number of hydrogen-bond donors (Lipinski definition) is 7. The van der Waals surface area contributed by atoms with Crippen LogP contribution in [0.15, 0.2) is 49.1 Å². The van der Waals surface area contributed by atoms with Gasteiger partial charge in [-0.3, -0.25) is 15.3 Å². The lowest BCUT2D eigenvalue weighted by Crippen LogP contribution is -2.63. The molecule has 9 heterocycles. The molecule has 444 valence electrons. The van der Waals surface area contributed by atoms with E-state index in [4.69, 9.17) is 33.9 Å². The number of hydrogen-bond acceptors (Lipinski definition) is 19. The smallest absolute Gasteiger partial charge is 0.444 e. The van der Waals surface area contributed by atoms with Crippen LogP contribution in [-0.4, -0.2) is 130 Å². The standard InChI is InChI=1S/C58H70F2N16O8/c1-27-25-74(28(2)15-39(27)66-55(79)83-57(5,6)7)51-44-38-17-33(60)19-42(73(12)56(80)84-58(8,9)10)46(38)68-52(44)76(54(71-51)82-36-23-64-48(30(4)78)65-24-36)72-40-20-34-14-13-31(40)26-75(34)50-43-37-16-32(59)18-41(61-11)45(37)67-49(43)69-53(70-50)81-35-21-62-47(29(3)77)63-22-35/h16-19,21-24,27-31,34,39-40,61,72,77-78H,13-15,20,25-26H2,1-12H3,(H2,66,67,69,70,79)/p+1. The maximum absolute atomic E-state index is 16.5. The van der Waals surface area contributed by atoms with Crippen LogP contribution in [0.4, 0.5) is 41.4 Å². The Morgan fingerprint density at radius 3 is 1.99 bits per heavy atom. The fraction of sp³-hybridized carbons (Fsp3) is 0.483. The Labute approximate surface area is 482 Å². The molecule has 2 aromatic carbocycles. The molecule has 2 bridgehead atoms. The summed E-state index contributed by atoms with van der Waals surface area (Å²) in [6.45, 7) is 18.8. The van der Waals surface area contributed by atoms with Crippen LogP contribution in [0.25, 0.3) is 43.9 Å². The number of benzene rings is 2. The van der Waals surface area contributed by atoms with Crippen LogP contribution in [0.5, 0.6) is 23.5 Å². The van der Waals surface area contributed by atoms with Crippen LogP contribution >= 0.6 is 0 Å². The number of carbonyl (C=O) groups excluding carboxylic acids is 2. The van der Waals surface area contributed by atoms with Gasteiger partial charge in [0.25, 0.3) is 5.65 Å². The van der Waals surface area contributed by atoms with Crippen molar-refractivity contribution in [2.75, 3.05) is 52.6 Å². The quantitative estimate of drug-likeness (QED) is 0.0530. The largest absolute Gasteiger partial charge is 0.464 e. The highest BCUT2D eigenvalue weighted by Crippen LogP contribution is 2.45. The molecule has 1 aliphatic carbocycles. The topological polar surface area (TPSA) is 283 Å². The number of aromatic nitrogens is 10. The molecule has 8 atom stereocenters. The molecular formula is C58H71F2N16O8+. The molecule has 12 rings (SSSR count). The van der Waals surface area contributed by atoms with Crippen LogP contribution in [-0.2, 0) is 9.47 Å². The third-order valence-corrected chi connectivity index (χ3v) is 15.6. The van der Waals surface area contributed by atoms with Gasteiger partial charge in [0.15, 0.2) is 23.1 Å². The molecular weight excluding hydrogens is 1090 g/mol. The first-order chi connectivity index (χ1) is 39.8. The van der Waals surface area contributed by atoms with Crippen molar-refractivity contribution < 1.29 is 52.2 Å². The van der Waals surface area contributed by atoms with Crippen LogP contribution in [0, 0.1) is 23.5 Å². The summed E-state index contributed by atoms with van der Waals surface area (Å²) in [5, 5.41) is 28.7. The number of carbonyl (C=O) groups is 2. The highest BCUT2D eigenvalue weighted by molar-refractivity contribution is 6.16. The summed E-state index contributed by atoms with van der Waals surface area (Å²) in [5.74, 6) is 0.539. The van der Waals surface area contributed by atoms with E-state index in [1.807, 2.05) is 34.6 Å². The van der Waals surface area contributed by atoms with E-state index in [0.29, 0.717) is 87.1 Å². The number of nitrogens with one attached hydrogen (secondary N) is 5. The number of rotatable bonds is 13. The lowest BCUT2D eigenvalue weighted by Gasteiger charge is -2.50. The van der Waals surface area contributed by atoms with E-state index < -0.39 is 47.2 Å². The minimum Gasteiger partial charge on any atom is -0.444 e. The zero-order chi connectivity index (χ0) is 59.8. The van der Waals surface area contributed by atoms with Crippen molar-refractivity contribution in [2.45, 2.75) is 142 Å². The van der Waals surface area contributed by atoms with Gasteiger partial charge in [-0.25, -0.2) is 38.3 Å². The molecule has 4 aliphatic rings. The number of aliphatic hydroxyl groups is 2. The van der Waals surface area contributed by atoms with Gasteiger partial charge >= 0.3 is 24.2 Å². The van der Waals surface area contributed by atoms with Crippen molar-refractivity contribution in [3.05, 3.63) is 72.3 Å². The predicted molar refractivity (Wildman–Crippen MR) is 310 cm³/mol. The highest BCUT2D eigenvalue weighted by atomic mass is 19.1. The fourth-order valence-electron chi connectivity index (χ4n) is 11.7. The highest BCUT2D eigenvalue weighted by Gasteiger charge is 2.45. The molecule has 4 fully saturated rings. The zero-order valence-electron chi connectivity index (χ0n) is 49.0. The molecule has 1 saturated carbocycles. The van der Waals surface area contributed by atoms with Crippen LogP contribution in [0.2, 0.25) is 0 Å². The van der Waals surface area contributed by atoms with E-state index in [0.717, 1.165) is 12.8 Å². The minimum absolute atomic E-state index is 0.00408. The van der Waals surface area contributed by atoms with Crippen LogP contribution in [0.1, 0.15) is 119 Å². The summed E-state index contributed by atoms with van der Waals surface area (Å²) in [6, 6.07) is 4.68. The molecule has 6 aromatic heterocycles. The first kappa shape index (κ1) is 57.3. The van der Waals surface area contributed by atoms with Gasteiger partial charge < -0.3 is 54.6 Å².